The Balaban J connectivity index is 5.22. The summed E-state index contributed by atoms with van der Waals surface area (Å²) in [5.41, 5.74) is 5.90. The van der Waals surface area contributed by atoms with E-state index in [1.54, 1.807) is 0 Å². The molecule has 6 atom stereocenters. The number of rotatable bonds is 14. The van der Waals surface area contributed by atoms with Gasteiger partial charge in [0.05, 0.1) is 18.8 Å². The highest BCUT2D eigenvalue weighted by Gasteiger charge is 2.31. The molecule has 8 N–H and O–H groups in total. The molecular weight excluding hydrogens is 416 g/mol. The van der Waals surface area contributed by atoms with Crippen molar-refractivity contribution in [2.24, 2.45) is 11.7 Å². The smallest absolute Gasteiger partial charge is 0.328 e. The van der Waals surface area contributed by atoms with Gasteiger partial charge in [0.1, 0.15) is 12.1 Å². The van der Waals surface area contributed by atoms with E-state index < -0.39 is 60.6 Å². The summed E-state index contributed by atoms with van der Waals surface area (Å²) in [4.78, 5) is 48.4. The van der Waals surface area contributed by atoms with Gasteiger partial charge in [-0.2, -0.15) is 11.8 Å². The molecule has 0 rings (SSSR count). The molecule has 0 aliphatic rings. The van der Waals surface area contributed by atoms with Gasteiger partial charge in [-0.1, -0.05) is 20.3 Å². The largest absolute Gasteiger partial charge is 0.480 e. The number of hydrogen-bond acceptors (Lipinski definition) is 8. The van der Waals surface area contributed by atoms with Crippen molar-refractivity contribution in [3.05, 3.63) is 0 Å². The maximum atomic E-state index is 12.6. The van der Waals surface area contributed by atoms with Gasteiger partial charge in [-0.3, -0.25) is 14.4 Å². The average molecular weight is 451 g/mol. The Hall–Kier alpha value is -1.89. The Labute approximate surface area is 180 Å². The van der Waals surface area contributed by atoms with Crippen LogP contribution in [0, 0.1) is 5.92 Å². The van der Waals surface area contributed by atoms with Crippen LogP contribution in [0.5, 0.6) is 0 Å². The topological polar surface area (TPSA) is 191 Å². The summed E-state index contributed by atoms with van der Waals surface area (Å²) in [5.74, 6) is -3.23. The summed E-state index contributed by atoms with van der Waals surface area (Å²) in [7, 11) is 0. The van der Waals surface area contributed by atoms with E-state index in [0.29, 0.717) is 12.2 Å². The molecule has 0 bridgehead atoms. The van der Waals surface area contributed by atoms with Crippen molar-refractivity contribution < 1.29 is 34.5 Å². The van der Waals surface area contributed by atoms with E-state index >= 15 is 0 Å². The molecule has 0 spiro atoms. The van der Waals surface area contributed by atoms with Gasteiger partial charge >= 0.3 is 5.97 Å². The summed E-state index contributed by atoms with van der Waals surface area (Å²) in [6, 6.07) is -4.87. The summed E-state index contributed by atoms with van der Waals surface area (Å²) < 4.78 is 0. The van der Waals surface area contributed by atoms with Crippen molar-refractivity contribution in [3.8, 4) is 0 Å². The summed E-state index contributed by atoms with van der Waals surface area (Å²) >= 11 is 1.46. The second-order valence-corrected chi connectivity index (χ2v) is 8.05. The first-order valence-electron chi connectivity index (χ1n) is 9.67. The minimum Gasteiger partial charge on any atom is -0.480 e. The van der Waals surface area contributed by atoms with Gasteiger partial charge in [0.2, 0.25) is 17.7 Å². The fourth-order valence-corrected chi connectivity index (χ4v) is 2.87. The summed E-state index contributed by atoms with van der Waals surface area (Å²) in [6.07, 6.45) is 1.37. The first-order valence-corrected chi connectivity index (χ1v) is 11.1. The number of amides is 3. The standard InChI is InChI=1S/C18H34N4O7S/c1-5-9(2)13(19)17(27)20-11(6-7-30-4)15(25)21-12(8-23)16(26)22-14(10(3)24)18(28)29/h9-14,23-24H,5-8,19H2,1-4H3,(H,20,27)(H,21,25)(H,22,26)(H,28,29). The fourth-order valence-electron chi connectivity index (χ4n) is 2.39. The maximum Gasteiger partial charge on any atom is 0.328 e. The van der Waals surface area contributed by atoms with E-state index in [2.05, 4.69) is 16.0 Å². The highest BCUT2D eigenvalue weighted by molar-refractivity contribution is 7.98. The van der Waals surface area contributed by atoms with Crippen molar-refractivity contribution in [2.75, 3.05) is 18.6 Å². The Morgan fingerprint density at radius 2 is 1.53 bits per heavy atom. The van der Waals surface area contributed by atoms with Crippen LogP contribution in [0.2, 0.25) is 0 Å². The Morgan fingerprint density at radius 3 is 1.97 bits per heavy atom. The molecule has 0 saturated heterocycles. The van der Waals surface area contributed by atoms with Gasteiger partial charge in [-0.25, -0.2) is 4.79 Å². The third-order valence-corrected chi connectivity index (χ3v) is 5.31. The normalized spacial score (nSPS) is 17.0. The van der Waals surface area contributed by atoms with Gasteiger partial charge in [0, 0.05) is 0 Å². The predicted octanol–water partition coefficient (Wildman–Crippen LogP) is -1.97. The van der Waals surface area contributed by atoms with Crippen LogP contribution in [0.4, 0.5) is 0 Å². The molecule has 0 aromatic carbocycles. The van der Waals surface area contributed by atoms with E-state index in [-0.39, 0.29) is 12.3 Å². The minimum atomic E-state index is -1.61. The second kappa shape index (κ2) is 14.2. The van der Waals surface area contributed by atoms with Crippen molar-refractivity contribution in [1.82, 2.24) is 16.0 Å². The molecule has 0 aliphatic carbocycles. The van der Waals surface area contributed by atoms with Crippen LogP contribution in [0.3, 0.4) is 0 Å². The van der Waals surface area contributed by atoms with Crippen molar-refractivity contribution in [1.29, 1.82) is 0 Å². The first kappa shape index (κ1) is 28.1. The number of carbonyl (C=O) groups is 4. The minimum absolute atomic E-state index is 0.0985. The molecule has 0 fully saturated rings. The number of carbonyl (C=O) groups excluding carboxylic acids is 3. The van der Waals surface area contributed by atoms with Crippen LogP contribution in [-0.2, 0) is 19.2 Å². The molecule has 30 heavy (non-hydrogen) atoms. The Bertz CT molecular complexity index is 591. The SMILES string of the molecule is CCC(C)C(N)C(=O)NC(CCSC)C(=O)NC(CO)C(=O)NC(C(=O)O)C(C)O. The number of carboxylic acids is 1. The quantitative estimate of drug-likeness (QED) is 0.157. The highest BCUT2D eigenvalue weighted by atomic mass is 32.2. The lowest BCUT2D eigenvalue weighted by Gasteiger charge is -2.25. The zero-order valence-electron chi connectivity index (χ0n) is 17.8. The number of hydrogen-bond donors (Lipinski definition) is 7. The van der Waals surface area contributed by atoms with Crippen LogP contribution in [0.15, 0.2) is 0 Å². The Morgan fingerprint density at radius 1 is 1.00 bits per heavy atom. The zero-order chi connectivity index (χ0) is 23.4. The second-order valence-electron chi connectivity index (χ2n) is 7.06. The van der Waals surface area contributed by atoms with Crippen LogP contribution in [0.25, 0.3) is 0 Å². The maximum absolute atomic E-state index is 12.6. The lowest BCUT2D eigenvalue weighted by molar-refractivity contribution is -0.145. The molecule has 12 heteroatoms. The van der Waals surface area contributed by atoms with Gasteiger partial charge in [0.15, 0.2) is 6.04 Å². The zero-order valence-corrected chi connectivity index (χ0v) is 18.6. The van der Waals surface area contributed by atoms with Crippen LogP contribution in [0.1, 0.15) is 33.6 Å². The van der Waals surface area contributed by atoms with Gasteiger partial charge < -0.3 is 37.0 Å². The molecule has 0 radical (unpaired) electrons. The third kappa shape index (κ3) is 9.28. The van der Waals surface area contributed by atoms with E-state index in [1.165, 1.54) is 18.7 Å². The molecule has 6 unspecified atom stereocenters. The molecule has 0 aromatic rings. The summed E-state index contributed by atoms with van der Waals surface area (Å²) in [5, 5.41) is 34.9. The van der Waals surface area contributed by atoms with Gasteiger partial charge in [-0.05, 0) is 31.3 Å². The molecule has 0 heterocycles. The van der Waals surface area contributed by atoms with Crippen molar-refractivity contribution in [3.63, 3.8) is 0 Å². The number of thioether (sulfide) groups is 1. The van der Waals surface area contributed by atoms with Crippen LogP contribution in [-0.4, -0.2) is 87.9 Å². The fraction of sp³-hybridized carbons (Fsp3) is 0.778. The monoisotopic (exact) mass is 450 g/mol. The number of aliphatic hydroxyl groups excluding tert-OH is 2. The molecule has 0 saturated carbocycles. The molecule has 0 aliphatic heterocycles. The van der Waals surface area contributed by atoms with E-state index in [9.17, 15) is 29.4 Å². The van der Waals surface area contributed by atoms with E-state index in [4.69, 9.17) is 10.8 Å². The number of aliphatic hydroxyl groups is 2. The highest BCUT2D eigenvalue weighted by Crippen LogP contribution is 2.07. The number of nitrogens with one attached hydrogen (secondary N) is 3. The van der Waals surface area contributed by atoms with E-state index in [0.717, 1.165) is 0 Å². The summed E-state index contributed by atoms with van der Waals surface area (Å²) in [6.45, 7) is 4.07. The molecule has 3 amide bonds. The van der Waals surface area contributed by atoms with E-state index in [1.807, 2.05) is 20.1 Å². The lowest BCUT2D eigenvalue weighted by atomic mass is 9.99. The number of aliphatic carboxylic acids is 1. The number of carboxylic acid groups (broad SMARTS) is 1. The van der Waals surface area contributed by atoms with Gasteiger partial charge in [0.25, 0.3) is 0 Å². The molecular formula is C18H34N4O7S. The van der Waals surface area contributed by atoms with Gasteiger partial charge in [-0.15, -0.1) is 0 Å². The third-order valence-electron chi connectivity index (χ3n) is 4.67. The Kier molecular flexibility index (Phi) is 13.3. The van der Waals surface area contributed by atoms with Crippen LogP contribution >= 0.6 is 11.8 Å². The van der Waals surface area contributed by atoms with Crippen LogP contribution < -0.4 is 21.7 Å². The lowest BCUT2D eigenvalue weighted by Crippen LogP contribution is -2.59. The molecule has 174 valence electrons. The first-order chi connectivity index (χ1) is 14.0. The molecule has 11 nitrogen and oxygen atoms in total. The average Bonchev–Trinajstić information content (AvgIpc) is 2.70. The van der Waals surface area contributed by atoms with Crippen molar-refractivity contribution in [2.45, 2.75) is 63.9 Å². The number of nitrogens with two attached hydrogens (primary N) is 1. The molecule has 0 aromatic heterocycles. The van der Waals surface area contributed by atoms with Crippen molar-refractivity contribution >= 4 is 35.5 Å². The predicted molar refractivity (Wildman–Crippen MR) is 113 cm³/mol.